The van der Waals surface area contributed by atoms with E-state index in [1.165, 1.54) is 6.07 Å². The first-order valence-corrected chi connectivity index (χ1v) is 7.65. The zero-order chi connectivity index (χ0) is 19.2. The fourth-order valence-corrected chi connectivity index (χ4v) is 3.26. The number of nitrogen functional groups attached to an aromatic ring is 1. The molecule has 1 aromatic carbocycles. The van der Waals surface area contributed by atoms with Gasteiger partial charge in [0.15, 0.2) is 0 Å². The monoisotopic (exact) mass is 419 g/mol. The Morgan fingerprint density at radius 1 is 1.08 bits per heavy atom. The lowest BCUT2D eigenvalue weighted by atomic mass is 10.2. The van der Waals surface area contributed by atoms with Crippen molar-refractivity contribution >= 4 is 40.8 Å². The summed E-state index contributed by atoms with van der Waals surface area (Å²) in [6, 6.07) is 2.66. The van der Waals surface area contributed by atoms with Crippen LogP contribution in [0.2, 0.25) is 10.0 Å². The van der Waals surface area contributed by atoms with E-state index in [9.17, 15) is 26.3 Å². The van der Waals surface area contributed by atoms with E-state index in [0.717, 1.165) is 10.8 Å². The molecule has 2 aromatic rings. The van der Waals surface area contributed by atoms with Crippen LogP contribution in [0.25, 0.3) is 5.69 Å². The van der Waals surface area contributed by atoms with Gasteiger partial charge in [-0.25, -0.2) is 0 Å². The van der Waals surface area contributed by atoms with Crippen LogP contribution in [0.15, 0.2) is 23.2 Å². The molecule has 1 aromatic heterocycles. The summed E-state index contributed by atoms with van der Waals surface area (Å²) in [6.07, 6.45) is -3.80. The third kappa shape index (κ3) is 4.11. The van der Waals surface area contributed by atoms with Gasteiger partial charge >= 0.3 is 11.7 Å². The zero-order valence-corrected chi connectivity index (χ0v) is 14.0. The molecule has 0 atom stereocenters. The molecule has 0 aliphatic carbocycles. The van der Waals surface area contributed by atoms with Crippen molar-refractivity contribution in [2.45, 2.75) is 16.6 Å². The number of benzene rings is 1. The molecular weight excluding hydrogens is 415 g/mol. The van der Waals surface area contributed by atoms with E-state index in [-0.39, 0.29) is 5.69 Å². The molecule has 134 valence electrons. The van der Waals surface area contributed by atoms with Gasteiger partial charge in [-0.05, 0) is 23.9 Å². The summed E-state index contributed by atoms with van der Waals surface area (Å²) in [7, 11) is 0. The van der Waals surface area contributed by atoms with Crippen molar-refractivity contribution in [2.24, 2.45) is 0 Å². The number of nitriles is 1. The van der Waals surface area contributed by atoms with E-state index in [1.807, 2.05) is 0 Å². The van der Waals surface area contributed by atoms with E-state index in [1.54, 1.807) is 0 Å². The Morgan fingerprint density at radius 3 is 2.00 bits per heavy atom. The van der Waals surface area contributed by atoms with Crippen molar-refractivity contribution in [3.05, 3.63) is 39.5 Å². The van der Waals surface area contributed by atoms with Crippen molar-refractivity contribution in [1.82, 2.24) is 4.57 Å². The number of rotatable bonds is 2. The summed E-state index contributed by atoms with van der Waals surface area (Å²) in [5, 5.41) is 7.99. The first kappa shape index (κ1) is 19.6. The highest BCUT2D eigenvalue weighted by molar-refractivity contribution is 8.00. The standard InChI is InChI=1S/C13H5Cl2F6N3S/c14-7-1-6(12(16,17)18)2-8(15)9(7)24-4-5(3-22)10(11(24)23)25-13(19,20)21/h1-2,4H,23H2. The predicted molar refractivity (Wildman–Crippen MR) is 81.8 cm³/mol. The lowest BCUT2D eigenvalue weighted by Crippen LogP contribution is -2.08. The second kappa shape index (κ2) is 6.55. The van der Waals surface area contributed by atoms with Crippen LogP contribution in [-0.4, -0.2) is 10.1 Å². The first-order valence-electron chi connectivity index (χ1n) is 6.08. The molecule has 0 radical (unpaired) electrons. The van der Waals surface area contributed by atoms with Gasteiger partial charge in [-0.2, -0.15) is 31.6 Å². The van der Waals surface area contributed by atoms with Gasteiger partial charge in [0, 0.05) is 6.20 Å². The lowest BCUT2D eigenvalue weighted by Gasteiger charge is -2.14. The molecule has 25 heavy (non-hydrogen) atoms. The van der Waals surface area contributed by atoms with E-state index in [4.69, 9.17) is 34.2 Å². The Hall–Kier alpha value is -1.70. The lowest BCUT2D eigenvalue weighted by molar-refractivity contribution is -0.137. The molecule has 0 saturated heterocycles. The third-order valence-electron chi connectivity index (χ3n) is 2.92. The highest BCUT2D eigenvalue weighted by atomic mass is 35.5. The Balaban J connectivity index is 2.66. The van der Waals surface area contributed by atoms with Crippen LogP contribution in [0.4, 0.5) is 32.2 Å². The number of halogens is 8. The quantitative estimate of drug-likeness (QED) is 0.489. The van der Waals surface area contributed by atoms with E-state index >= 15 is 0 Å². The summed E-state index contributed by atoms with van der Waals surface area (Å²) in [5.41, 5.74) is -0.916. The smallest absolute Gasteiger partial charge is 0.384 e. The van der Waals surface area contributed by atoms with Gasteiger partial charge in [-0.15, -0.1) is 0 Å². The molecular formula is C13H5Cl2F6N3S. The Kier molecular flexibility index (Phi) is 5.14. The normalized spacial score (nSPS) is 12.3. The number of alkyl halides is 6. The molecule has 1 heterocycles. The largest absolute Gasteiger partial charge is 0.446 e. The van der Waals surface area contributed by atoms with Crippen LogP contribution >= 0.6 is 35.0 Å². The summed E-state index contributed by atoms with van der Waals surface area (Å²) in [4.78, 5) is -0.595. The van der Waals surface area contributed by atoms with Crippen LogP contribution in [0.1, 0.15) is 11.1 Å². The maximum atomic E-state index is 12.7. The molecule has 12 heteroatoms. The highest BCUT2D eigenvalue weighted by Gasteiger charge is 2.35. The van der Waals surface area contributed by atoms with Gasteiger partial charge in [0.05, 0.1) is 31.8 Å². The summed E-state index contributed by atoms with van der Waals surface area (Å²) in [5.74, 6) is -0.526. The predicted octanol–water partition coefficient (Wildman–Crippen LogP) is 5.87. The number of hydrogen-bond acceptors (Lipinski definition) is 3. The van der Waals surface area contributed by atoms with Gasteiger partial charge in [0.2, 0.25) is 0 Å². The second-order valence-electron chi connectivity index (χ2n) is 4.57. The SMILES string of the molecule is N#Cc1cn(-c2c(Cl)cc(C(F)(F)F)cc2Cl)c(N)c1SC(F)(F)F. The number of nitrogens with two attached hydrogens (primary N) is 1. The van der Waals surface area contributed by atoms with Gasteiger partial charge in [-0.1, -0.05) is 23.2 Å². The van der Waals surface area contributed by atoms with E-state index < -0.39 is 55.3 Å². The van der Waals surface area contributed by atoms with Crippen molar-refractivity contribution in [3.8, 4) is 11.8 Å². The highest BCUT2D eigenvalue weighted by Crippen LogP contribution is 2.45. The molecule has 0 fully saturated rings. The fraction of sp³-hybridized carbons (Fsp3) is 0.154. The Labute approximate surface area is 150 Å². The van der Waals surface area contributed by atoms with Gasteiger partial charge in [0.1, 0.15) is 11.9 Å². The van der Waals surface area contributed by atoms with Crippen LogP contribution in [-0.2, 0) is 6.18 Å². The first-order chi connectivity index (χ1) is 11.3. The summed E-state index contributed by atoms with van der Waals surface area (Å²) >= 11 is 11.0. The van der Waals surface area contributed by atoms with Gasteiger partial charge in [-0.3, -0.25) is 4.57 Å². The maximum absolute atomic E-state index is 12.7. The molecule has 0 amide bonds. The van der Waals surface area contributed by atoms with Crippen LogP contribution in [0.5, 0.6) is 0 Å². The second-order valence-corrected chi connectivity index (χ2v) is 6.46. The fourth-order valence-electron chi connectivity index (χ4n) is 1.95. The molecule has 0 unspecified atom stereocenters. The minimum absolute atomic E-state index is 0.264. The van der Waals surface area contributed by atoms with Crippen LogP contribution < -0.4 is 5.73 Å². The molecule has 0 saturated carbocycles. The van der Waals surface area contributed by atoms with E-state index in [2.05, 4.69) is 0 Å². The van der Waals surface area contributed by atoms with Crippen molar-refractivity contribution < 1.29 is 26.3 Å². The molecule has 2 rings (SSSR count). The Bertz CT molecular complexity index is 843. The minimum Gasteiger partial charge on any atom is -0.384 e. The molecule has 2 N–H and O–H groups in total. The van der Waals surface area contributed by atoms with Gasteiger partial charge < -0.3 is 5.73 Å². The van der Waals surface area contributed by atoms with Crippen LogP contribution in [0, 0.1) is 11.3 Å². The topological polar surface area (TPSA) is 54.7 Å². The summed E-state index contributed by atoms with van der Waals surface area (Å²) in [6.45, 7) is 0. The number of anilines is 1. The van der Waals surface area contributed by atoms with Crippen molar-refractivity contribution in [1.29, 1.82) is 5.26 Å². The average molecular weight is 420 g/mol. The minimum atomic E-state index is -4.72. The molecule has 0 bridgehead atoms. The van der Waals surface area contributed by atoms with E-state index in [0.29, 0.717) is 12.1 Å². The average Bonchev–Trinajstić information content (AvgIpc) is 2.73. The number of hydrogen-bond donors (Lipinski definition) is 1. The van der Waals surface area contributed by atoms with Crippen molar-refractivity contribution in [2.75, 3.05) is 5.73 Å². The van der Waals surface area contributed by atoms with Gasteiger partial charge in [0.25, 0.3) is 0 Å². The molecule has 0 aliphatic rings. The number of aromatic nitrogens is 1. The van der Waals surface area contributed by atoms with Crippen LogP contribution in [0.3, 0.4) is 0 Å². The number of thioether (sulfide) groups is 1. The summed E-state index contributed by atoms with van der Waals surface area (Å²) < 4.78 is 76.9. The number of nitrogens with zero attached hydrogens (tertiary/aromatic N) is 2. The molecule has 0 spiro atoms. The maximum Gasteiger partial charge on any atom is 0.446 e. The third-order valence-corrected chi connectivity index (χ3v) is 4.36. The van der Waals surface area contributed by atoms with Crippen molar-refractivity contribution in [3.63, 3.8) is 0 Å². The molecule has 0 aliphatic heterocycles. The molecule has 3 nitrogen and oxygen atoms in total. The zero-order valence-electron chi connectivity index (χ0n) is 11.6. The Morgan fingerprint density at radius 2 is 1.60 bits per heavy atom.